The van der Waals surface area contributed by atoms with Gasteiger partial charge in [-0.15, -0.1) is 0 Å². The molecule has 2 fully saturated rings. The van der Waals surface area contributed by atoms with Gasteiger partial charge in [0.25, 0.3) is 0 Å². The highest BCUT2D eigenvalue weighted by molar-refractivity contribution is 5.65. The number of anilines is 1. The summed E-state index contributed by atoms with van der Waals surface area (Å²) in [4.78, 5) is 3.94. The van der Waals surface area contributed by atoms with E-state index in [4.69, 9.17) is 15.2 Å². The Morgan fingerprint density at radius 1 is 1.41 bits per heavy atom. The number of nitrogen functional groups attached to an aromatic ring is 1. The number of hydrogen-bond acceptors (Lipinski definition) is 8. The predicted octanol–water partition coefficient (Wildman–Crippen LogP) is 0.388. The number of aliphatic hydroxyl groups is 3. The molecule has 9 heteroatoms. The van der Waals surface area contributed by atoms with E-state index in [1.165, 1.54) is 12.7 Å². The van der Waals surface area contributed by atoms with Crippen LogP contribution < -0.4 is 5.73 Å². The molecule has 1 unspecified atom stereocenters. The first kappa shape index (κ1) is 18.6. The zero-order chi connectivity index (χ0) is 19.2. The average molecular weight is 378 g/mol. The lowest BCUT2D eigenvalue weighted by Crippen LogP contribution is -2.45. The summed E-state index contributed by atoms with van der Waals surface area (Å²) in [5.41, 5.74) is 5.84. The van der Waals surface area contributed by atoms with Gasteiger partial charge in [0, 0.05) is 6.42 Å². The molecule has 2 aliphatic rings. The third-order valence-electron chi connectivity index (χ3n) is 5.78. The van der Waals surface area contributed by atoms with E-state index in [9.17, 15) is 15.3 Å². The van der Waals surface area contributed by atoms with Crippen LogP contribution in [0.2, 0.25) is 0 Å². The van der Waals surface area contributed by atoms with Gasteiger partial charge in [0.2, 0.25) is 0 Å². The number of nitrogens with two attached hydrogens (primary N) is 1. The van der Waals surface area contributed by atoms with Gasteiger partial charge in [0.05, 0.1) is 12.3 Å². The van der Waals surface area contributed by atoms with Crippen molar-refractivity contribution in [3.05, 3.63) is 24.2 Å². The molecule has 0 amide bonds. The molecule has 1 saturated carbocycles. The fourth-order valence-electron chi connectivity index (χ4n) is 3.84. The van der Waals surface area contributed by atoms with Crippen LogP contribution in [-0.2, 0) is 9.47 Å². The second-order valence-corrected chi connectivity index (χ2v) is 7.79. The number of nitrogens with zero attached hydrogens (tertiary/aromatic N) is 3. The molecule has 1 saturated heterocycles. The molecule has 0 radical (unpaired) electrons. The molecule has 9 nitrogen and oxygen atoms in total. The van der Waals surface area contributed by atoms with Crippen LogP contribution in [-0.4, -0.2) is 60.6 Å². The Kier molecular flexibility index (Phi) is 4.81. The summed E-state index contributed by atoms with van der Waals surface area (Å²) in [6, 6.07) is 3.47. The van der Waals surface area contributed by atoms with Crippen molar-refractivity contribution in [3.8, 4) is 0 Å². The summed E-state index contributed by atoms with van der Waals surface area (Å²) in [7, 11) is 0. The molecule has 0 bridgehead atoms. The predicted molar refractivity (Wildman–Crippen MR) is 95.6 cm³/mol. The molecule has 27 heavy (non-hydrogen) atoms. The summed E-state index contributed by atoms with van der Waals surface area (Å²) in [6.07, 6.45) is 1.27. The molecule has 0 spiro atoms. The highest BCUT2D eigenvalue weighted by Gasteiger charge is 2.53. The molecule has 2 aromatic heterocycles. The zero-order valence-corrected chi connectivity index (χ0v) is 15.2. The van der Waals surface area contributed by atoms with Crippen molar-refractivity contribution < 1.29 is 24.8 Å². The van der Waals surface area contributed by atoms with Crippen molar-refractivity contribution in [2.45, 2.75) is 62.8 Å². The Morgan fingerprint density at radius 3 is 2.89 bits per heavy atom. The molecule has 3 heterocycles. The maximum absolute atomic E-state index is 10.6. The number of aliphatic hydroxyl groups excluding tert-OH is 3. The Bertz CT molecular complexity index is 810. The molecule has 4 rings (SSSR count). The minimum absolute atomic E-state index is 0.0317. The first-order valence-electron chi connectivity index (χ1n) is 9.31. The van der Waals surface area contributed by atoms with E-state index in [0.29, 0.717) is 29.4 Å². The second kappa shape index (κ2) is 6.99. The summed E-state index contributed by atoms with van der Waals surface area (Å²) in [5.74, 6) is 0.812. The van der Waals surface area contributed by atoms with Crippen molar-refractivity contribution in [1.29, 1.82) is 0 Å². The van der Waals surface area contributed by atoms with E-state index in [1.54, 1.807) is 23.6 Å². The van der Waals surface area contributed by atoms with Gasteiger partial charge in [-0.2, -0.15) is 5.10 Å². The first-order chi connectivity index (χ1) is 12.9. The molecular formula is C18H26N4O5. The number of fused-ring (bicyclic) bond motifs is 1. The van der Waals surface area contributed by atoms with Crippen LogP contribution in [0.1, 0.15) is 44.4 Å². The third-order valence-corrected chi connectivity index (χ3v) is 5.78. The van der Waals surface area contributed by atoms with Crippen molar-refractivity contribution in [2.75, 3.05) is 12.3 Å². The van der Waals surface area contributed by atoms with E-state index in [1.807, 2.05) is 0 Å². The molecule has 1 aliphatic carbocycles. The number of rotatable bonds is 6. The van der Waals surface area contributed by atoms with Gasteiger partial charge >= 0.3 is 0 Å². The minimum atomic E-state index is -1.18. The lowest BCUT2D eigenvalue weighted by atomic mass is 9.83. The van der Waals surface area contributed by atoms with E-state index in [0.717, 1.165) is 12.8 Å². The average Bonchev–Trinajstić information content (AvgIpc) is 3.13. The number of aromatic nitrogens is 3. The summed E-state index contributed by atoms with van der Waals surface area (Å²) >= 11 is 0. The fourth-order valence-corrected chi connectivity index (χ4v) is 3.84. The molecular weight excluding hydrogens is 352 g/mol. The number of hydrogen-bond donors (Lipinski definition) is 4. The van der Waals surface area contributed by atoms with Crippen molar-refractivity contribution in [1.82, 2.24) is 14.6 Å². The van der Waals surface area contributed by atoms with E-state index in [2.05, 4.69) is 10.1 Å². The monoisotopic (exact) mass is 378 g/mol. The van der Waals surface area contributed by atoms with Crippen LogP contribution in [0.3, 0.4) is 0 Å². The van der Waals surface area contributed by atoms with Crippen LogP contribution in [0.25, 0.3) is 5.52 Å². The van der Waals surface area contributed by atoms with Crippen molar-refractivity contribution in [3.63, 3.8) is 0 Å². The summed E-state index contributed by atoms with van der Waals surface area (Å²) in [5, 5.41) is 35.4. The Balaban J connectivity index is 1.48. The maximum atomic E-state index is 10.6. The Hall–Kier alpha value is -1.78. The third kappa shape index (κ3) is 3.30. The Morgan fingerprint density at radius 2 is 2.19 bits per heavy atom. The summed E-state index contributed by atoms with van der Waals surface area (Å²) in [6.45, 7) is 1.63. The van der Waals surface area contributed by atoms with Gasteiger partial charge in [-0.1, -0.05) is 19.3 Å². The molecule has 5 N–H and O–H groups in total. The Labute approximate surface area is 156 Å². The first-order valence-corrected chi connectivity index (χ1v) is 9.31. The molecule has 2 aromatic rings. The fraction of sp³-hybridized carbons (Fsp3) is 0.667. The minimum Gasteiger partial charge on any atom is -0.387 e. The van der Waals surface area contributed by atoms with Crippen LogP contribution in [0.5, 0.6) is 0 Å². The quantitative estimate of drug-likeness (QED) is 0.530. The second-order valence-electron chi connectivity index (χ2n) is 7.79. The molecule has 5 atom stereocenters. The van der Waals surface area contributed by atoms with Crippen LogP contribution in [0.15, 0.2) is 18.5 Å². The van der Waals surface area contributed by atoms with Gasteiger partial charge in [0.1, 0.15) is 35.8 Å². The zero-order valence-electron chi connectivity index (χ0n) is 15.2. The van der Waals surface area contributed by atoms with Gasteiger partial charge in [-0.25, -0.2) is 9.50 Å². The van der Waals surface area contributed by atoms with E-state index >= 15 is 0 Å². The molecule has 0 aromatic carbocycles. The van der Waals surface area contributed by atoms with Gasteiger partial charge in [-0.05, 0) is 25.0 Å². The summed E-state index contributed by atoms with van der Waals surface area (Å²) < 4.78 is 13.1. The molecule has 1 aliphatic heterocycles. The number of ether oxygens (including phenoxy) is 2. The lowest BCUT2D eigenvalue weighted by molar-refractivity contribution is -0.181. The topological polar surface area (TPSA) is 135 Å². The van der Waals surface area contributed by atoms with E-state index < -0.39 is 30.2 Å². The van der Waals surface area contributed by atoms with Gasteiger partial charge in [-0.3, -0.25) is 0 Å². The van der Waals surface area contributed by atoms with Gasteiger partial charge < -0.3 is 30.5 Å². The maximum Gasteiger partial charge on any atom is 0.154 e. The highest BCUT2D eigenvalue weighted by Crippen LogP contribution is 2.41. The van der Waals surface area contributed by atoms with E-state index in [-0.39, 0.29) is 6.61 Å². The van der Waals surface area contributed by atoms with Crippen LogP contribution in [0, 0.1) is 5.92 Å². The SMILES string of the molecule is C[C@]1(COC(O)CC2CCC2)O[C@@H](c2ccc3c(N)ncnn23)[C@H](O)[C@@H]1O. The largest absolute Gasteiger partial charge is 0.387 e. The molecule has 148 valence electrons. The van der Waals surface area contributed by atoms with Crippen molar-refractivity contribution in [2.24, 2.45) is 5.92 Å². The highest BCUT2D eigenvalue weighted by atomic mass is 16.6. The van der Waals surface area contributed by atoms with Crippen LogP contribution in [0.4, 0.5) is 5.82 Å². The lowest BCUT2D eigenvalue weighted by Gasteiger charge is -2.31. The van der Waals surface area contributed by atoms with Crippen LogP contribution >= 0.6 is 0 Å². The smallest absolute Gasteiger partial charge is 0.154 e. The van der Waals surface area contributed by atoms with Crippen molar-refractivity contribution >= 4 is 11.3 Å². The normalized spacial score (nSPS) is 32.7. The standard InChI is InChI=1S/C18H26N4O5/c1-18(8-26-13(23)7-10-3-2-4-10)16(25)14(24)15(27-18)11-5-6-12-17(19)20-9-21-22(11)12/h5-6,9-10,13-16,23-25H,2-4,7-8H2,1H3,(H2,19,20,21)/t13?,14-,15-,16-,18+/m0/s1. The van der Waals surface area contributed by atoms with Gasteiger partial charge in [0.15, 0.2) is 12.1 Å².